The van der Waals surface area contributed by atoms with Crippen molar-refractivity contribution in [1.82, 2.24) is 10.3 Å². The van der Waals surface area contributed by atoms with Crippen molar-refractivity contribution in [2.45, 2.75) is 33.4 Å². The van der Waals surface area contributed by atoms with Crippen molar-refractivity contribution in [2.24, 2.45) is 0 Å². The molecule has 2 aromatic carbocycles. The SMILES string of the molecule is CCOc1ccccc1Oc1ccc(CNC(=O)c2ccc(OC(C)C)c(OC)c2)cn1. The van der Waals surface area contributed by atoms with E-state index in [0.29, 0.717) is 47.6 Å². The Balaban J connectivity index is 1.60. The molecule has 0 aliphatic carbocycles. The molecule has 0 aliphatic rings. The van der Waals surface area contributed by atoms with Gasteiger partial charge in [-0.2, -0.15) is 0 Å². The minimum atomic E-state index is -0.217. The molecule has 0 fully saturated rings. The number of ether oxygens (including phenoxy) is 4. The predicted octanol–water partition coefficient (Wildman–Crippen LogP) is 5.00. The van der Waals surface area contributed by atoms with E-state index in [-0.39, 0.29) is 12.0 Å². The number of benzene rings is 2. The molecule has 7 nitrogen and oxygen atoms in total. The lowest BCUT2D eigenvalue weighted by atomic mass is 10.1. The number of amides is 1. The van der Waals surface area contributed by atoms with Gasteiger partial charge in [0.05, 0.1) is 19.8 Å². The average molecular weight is 437 g/mol. The minimum absolute atomic E-state index is 0.00989. The molecule has 1 heterocycles. The van der Waals surface area contributed by atoms with Crippen molar-refractivity contribution in [2.75, 3.05) is 13.7 Å². The van der Waals surface area contributed by atoms with Crippen LogP contribution in [-0.4, -0.2) is 30.7 Å². The Hall–Kier alpha value is -3.74. The third kappa shape index (κ3) is 6.14. The topological polar surface area (TPSA) is 78.9 Å². The van der Waals surface area contributed by atoms with E-state index < -0.39 is 0 Å². The van der Waals surface area contributed by atoms with Gasteiger partial charge in [-0.15, -0.1) is 0 Å². The Morgan fingerprint density at radius 1 is 1.00 bits per heavy atom. The van der Waals surface area contributed by atoms with Gasteiger partial charge in [-0.05, 0) is 56.7 Å². The Kier molecular flexibility index (Phi) is 7.91. The molecule has 0 unspecified atom stereocenters. The average Bonchev–Trinajstić information content (AvgIpc) is 2.79. The molecule has 168 valence electrons. The van der Waals surface area contributed by atoms with Crippen LogP contribution in [0.2, 0.25) is 0 Å². The summed E-state index contributed by atoms with van der Waals surface area (Å²) >= 11 is 0. The Labute approximate surface area is 188 Å². The number of nitrogens with one attached hydrogen (secondary N) is 1. The summed E-state index contributed by atoms with van der Waals surface area (Å²) in [6.07, 6.45) is 1.68. The van der Waals surface area contributed by atoms with E-state index >= 15 is 0 Å². The number of methoxy groups -OCH3 is 1. The van der Waals surface area contributed by atoms with Gasteiger partial charge in [0.15, 0.2) is 23.0 Å². The number of nitrogens with zero attached hydrogens (tertiary/aromatic N) is 1. The van der Waals surface area contributed by atoms with E-state index in [4.69, 9.17) is 18.9 Å². The highest BCUT2D eigenvalue weighted by Gasteiger charge is 2.12. The van der Waals surface area contributed by atoms with Crippen molar-refractivity contribution in [3.8, 4) is 28.9 Å². The lowest BCUT2D eigenvalue weighted by Gasteiger charge is -2.14. The fourth-order valence-corrected chi connectivity index (χ4v) is 2.94. The molecule has 0 spiro atoms. The molecule has 3 aromatic rings. The second kappa shape index (κ2) is 11.0. The summed E-state index contributed by atoms with van der Waals surface area (Å²) < 4.78 is 22.4. The summed E-state index contributed by atoms with van der Waals surface area (Å²) in [6, 6.07) is 16.2. The smallest absolute Gasteiger partial charge is 0.251 e. The molecule has 32 heavy (non-hydrogen) atoms. The van der Waals surface area contributed by atoms with Crippen LogP contribution in [0.15, 0.2) is 60.8 Å². The first-order valence-corrected chi connectivity index (χ1v) is 10.5. The maximum absolute atomic E-state index is 12.6. The number of para-hydroxylation sites is 2. The van der Waals surface area contributed by atoms with Crippen LogP contribution < -0.4 is 24.3 Å². The first kappa shape index (κ1) is 22.9. The fourth-order valence-electron chi connectivity index (χ4n) is 2.94. The minimum Gasteiger partial charge on any atom is -0.493 e. The van der Waals surface area contributed by atoms with Crippen LogP contribution in [0.3, 0.4) is 0 Å². The highest BCUT2D eigenvalue weighted by molar-refractivity contribution is 5.94. The third-order valence-corrected chi connectivity index (χ3v) is 4.40. The zero-order valence-electron chi connectivity index (χ0n) is 18.8. The van der Waals surface area contributed by atoms with Gasteiger partial charge in [-0.25, -0.2) is 4.98 Å². The van der Waals surface area contributed by atoms with Crippen molar-refractivity contribution < 1.29 is 23.7 Å². The van der Waals surface area contributed by atoms with Crippen LogP contribution in [-0.2, 0) is 6.54 Å². The molecule has 0 aliphatic heterocycles. The molecule has 1 aromatic heterocycles. The van der Waals surface area contributed by atoms with Crippen molar-refractivity contribution in [3.05, 3.63) is 71.9 Å². The molecule has 1 amide bonds. The van der Waals surface area contributed by atoms with E-state index in [0.717, 1.165) is 5.56 Å². The molecule has 7 heteroatoms. The molecule has 3 rings (SSSR count). The lowest BCUT2D eigenvalue weighted by molar-refractivity contribution is 0.0950. The number of aromatic nitrogens is 1. The van der Waals surface area contributed by atoms with Gasteiger partial charge in [0.25, 0.3) is 5.91 Å². The molecule has 0 atom stereocenters. The Morgan fingerprint density at radius 2 is 1.78 bits per heavy atom. The van der Waals surface area contributed by atoms with Gasteiger partial charge in [-0.1, -0.05) is 18.2 Å². The lowest BCUT2D eigenvalue weighted by Crippen LogP contribution is -2.23. The van der Waals surface area contributed by atoms with Crippen LogP contribution in [0.5, 0.6) is 28.9 Å². The van der Waals surface area contributed by atoms with Crippen LogP contribution >= 0.6 is 0 Å². The van der Waals surface area contributed by atoms with Crippen LogP contribution in [0, 0.1) is 0 Å². The molecule has 0 radical (unpaired) electrons. The number of rotatable bonds is 10. The highest BCUT2D eigenvalue weighted by Crippen LogP contribution is 2.31. The maximum atomic E-state index is 12.6. The molecule has 0 saturated heterocycles. The van der Waals surface area contributed by atoms with Crippen molar-refractivity contribution in [1.29, 1.82) is 0 Å². The molecule has 1 N–H and O–H groups in total. The number of hydrogen-bond acceptors (Lipinski definition) is 6. The van der Waals surface area contributed by atoms with Crippen LogP contribution in [0.1, 0.15) is 36.7 Å². The standard InChI is InChI=1S/C25H28N2O5/c1-5-30-20-8-6-7-9-21(20)32-24-13-10-18(15-26-24)16-27-25(28)19-11-12-22(31-17(2)3)23(14-19)29-4/h6-15,17H,5,16H2,1-4H3,(H,27,28). The first-order valence-electron chi connectivity index (χ1n) is 10.5. The monoisotopic (exact) mass is 436 g/mol. The zero-order chi connectivity index (χ0) is 22.9. The largest absolute Gasteiger partial charge is 0.493 e. The number of hydrogen-bond donors (Lipinski definition) is 1. The Morgan fingerprint density at radius 3 is 2.44 bits per heavy atom. The van der Waals surface area contributed by atoms with Crippen LogP contribution in [0.25, 0.3) is 0 Å². The van der Waals surface area contributed by atoms with Gasteiger partial charge < -0.3 is 24.3 Å². The van der Waals surface area contributed by atoms with Gasteiger partial charge in [0.1, 0.15) is 0 Å². The predicted molar refractivity (Wildman–Crippen MR) is 122 cm³/mol. The van der Waals surface area contributed by atoms with E-state index in [1.54, 1.807) is 37.6 Å². The fraction of sp³-hybridized carbons (Fsp3) is 0.280. The zero-order valence-corrected chi connectivity index (χ0v) is 18.8. The van der Waals surface area contributed by atoms with E-state index in [1.807, 2.05) is 51.1 Å². The summed E-state index contributed by atoms with van der Waals surface area (Å²) in [5.74, 6) is 2.60. The van der Waals surface area contributed by atoms with Gasteiger partial charge in [0, 0.05) is 24.4 Å². The van der Waals surface area contributed by atoms with Crippen molar-refractivity contribution >= 4 is 5.91 Å². The molecule has 0 bridgehead atoms. The second-order valence-corrected chi connectivity index (χ2v) is 7.20. The summed E-state index contributed by atoms with van der Waals surface area (Å²) in [4.78, 5) is 16.9. The Bertz CT molecular complexity index is 1030. The summed E-state index contributed by atoms with van der Waals surface area (Å²) in [7, 11) is 1.55. The van der Waals surface area contributed by atoms with Gasteiger partial charge in [0.2, 0.25) is 5.88 Å². The van der Waals surface area contributed by atoms with Gasteiger partial charge in [-0.3, -0.25) is 4.79 Å². The second-order valence-electron chi connectivity index (χ2n) is 7.20. The first-order chi connectivity index (χ1) is 15.5. The van der Waals surface area contributed by atoms with Crippen LogP contribution in [0.4, 0.5) is 0 Å². The number of carbonyl (C=O) groups excluding carboxylic acids is 1. The van der Waals surface area contributed by atoms with Crippen molar-refractivity contribution in [3.63, 3.8) is 0 Å². The summed E-state index contributed by atoms with van der Waals surface area (Å²) in [6.45, 7) is 6.66. The summed E-state index contributed by atoms with van der Waals surface area (Å²) in [5.41, 5.74) is 1.33. The molecule has 0 saturated carbocycles. The highest BCUT2D eigenvalue weighted by atomic mass is 16.5. The van der Waals surface area contributed by atoms with E-state index in [1.165, 1.54) is 0 Å². The normalized spacial score (nSPS) is 10.5. The van der Waals surface area contributed by atoms with Gasteiger partial charge >= 0.3 is 0 Å². The number of carbonyl (C=O) groups is 1. The molecular formula is C25H28N2O5. The molecular weight excluding hydrogens is 408 g/mol. The number of pyridine rings is 1. The summed E-state index contributed by atoms with van der Waals surface area (Å²) in [5, 5.41) is 2.89. The maximum Gasteiger partial charge on any atom is 0.251 e. The quantitative estimate of drug-likeness (QED) is 0.482. The van der Waals surface area contributed by atoms with E-state index in [9.17, 15) is 4.79 Å². The van der Waals surface area contributed by atoms with E-state index in [2.05, 4.69) is 10.3 Å². The third-order valence-electron chi connectivity index (χ3n) is 4.40.